The molecule has 6 nitrogen and oxygen atoms in total. The highest BCUT2D eigenvalue weighted by Gasteiger charge is 2.16. The second kappa shape index (κ2) is 7.57. The number of allylic oxidation sites excluding steroid dienone is 2. The van der Waals surface area contributed by atoms with Gasteiger partial charge in [0.05, 0.1) is 5.69 Å². The van der Waals surface area contributed by atoms with Crippen LogP contribution in [0.2, 0.25) is 0 Å². The molecule has 0 fully saturated rings. The molecular formula is C20H21FN4O2. The molecule has 2 heterocycles. The van der Waals surface area contributed by atoms with Crippen LogP contribution in [0.25, 0.3) is 16.9 Å². The van der Waals surface area contributed by atoms with Gasteiger partial charge >= 0.3 is 0 Å². The quantitative estimate of drug-likeness (QED) is 0.704. The predicted octanol–water partition coefficient (Wildman–Crippen LogP) is 3.02. The first kappa shape index (κ1) is 18.6. The van der Waals surface area contributed by atoms with E-state index in [9.17, 15) is 14.0 Å². The van der Waals surface area contributed by atoms with Crippen molar-refractivity contribution in [2.75, 3.05) is 6.54 Å². The average molecular weight is 368 g/mol. The Kier molecular flexibility index (Phi) is 5.21. The summed E-state index contributed by atoms with van der Waals surface area (Å²) in [5.41, 5.74) is 2.42. The summed E-state index contributed by atoms with van der Waals surface area (Å²) in [4.78, 5) is 29.3. The third-order valence-electron chi connectivity index (χ3n) is 4.11. The fourth-order valence-corrected chi connectivity index (χ4v) is 2.75. The second-order valence-corrected chi connectivity index (χ2v) is 6.43. The molecule has 1 N–H and O–H groups in total. The maximum Gasteiger partial charge on any atom is 0.295 e. The van der Waals surface area contributed by atoms with Crippen LogP contribution in [0.15, 0.2) is 53.1 Å². The van der Waals surface area contributed by atoms with Gasteiger partial charge in [0.2, 0.25) is 5.65 Å². The number of amides is 1. The number of nitrogens with one attached hydrogen (secondary N) is 1. The topological polar surface area (TPSA) is 68.4 Å². The van der Waals surface area contributed by atoms with Gasteiger partial charge in [-0.05, 0) is 50.6 Å². The number of hydrogen-bond acceptors (Lipinski definition) is 3. The number of imidazole rings is 1. The van der Waals surface area contributed by atoms with Gasteiger partial charge in [-0.3, -0.25) is 18.6 Å². The molecule has 3 aromatic rings. The third-order valence-corrected chi connectivity index (χ3v) is 4.11. The molecule has 0 atom stereocenters. The lowest BCUT2D eigenvalue weighted by molar-refractivity contribution is 0.0951. The van der Waals surface area contributed by atoms with E-state index in [4.69, 9.17) is 0 Å². The van der Waals surface area contributed by atoms with Gasteiger partial charge in [-0.1, -0.05) is 11.6 Å². The minimum atomic E-state index is -0.348. The molecule has 1 aromatic carbocycles. The van der Waals surface area contributed by atoms with Crippen LogP contribution in [0.4, 0.5) is 4.39 Å². The number of carbonyl (C=O) groups excluding carboxylic acids is 1. The van der Waals surface area contributed by atoms with Crippen LogP contribution >= 0.6 is 0 Å². The number of benzene rings is 1. The molecule has 0 spiro atoms. The van der Waals surface area contributed by atoms with E-state index >= 15 is 0 Å². The molecule has 0 saturated carbocycles. The van der Waals surface area contributed by atoms with Crippen molar-refractivity contribution < 1.29 is 9.18 Å². The Morgan fingerprint density at radius 2 is 1.93 bits per heavy atom. The molecule has 27 heavy (non-hydrogen) atoms. The van der Waals surface area contributed by atoms with Gasteiger partial charge in [0.25, 0.3) is 11.5 Å². The number of fused-ring (bicyclic) bond motifs is 1. The van der Waals surface area contributed by atoms with Crippen molar-refractivity contribution in [1.82, 2.24) is 19.3 Å². The van der Waals surface area contributed by atoms with Crippen LogP contribution in [0.3, 0.4) is 0 Å². The standard InChI is InChI=1S/C20H21FN4O2/c1-4-22-19(26)16-11-24-12-17(14-5-7-15(21)8-6-14)25(10-9-13(2)3)20(27)18(24)23-16/h5-9,11-12H,4,10H2,1-3H3,(H,22,26). The molecular weight excluding hydrogens is 347 g/mol. The molecule has 7 heteroatoms. The number of rotatable bonds is 5. The maximum absolute atomic E-state index is 13.3. The summed E-state index contributed by atoms with van der Waals surface area (Å²) >= 11 is 0. The molecule has 0 saturated heterocycles. The zero-order valence-electron chi connectivity index (χ0n) is 15.5. The van der Waals surface area contributed by atoms with Crippen LogP contribution in [0.5, 0.6) is 0 Å². The van der Waals surface area contributed by atoms with Crippen LogP contribution in [0.1, 0.15) is 31.3 Å². The summed E-state index contributed by atoms with van der Waals surface area (Å²) < 4.78 is 16.4. The molecule has 0 unspecified atom stereocenters. The number of hydrogen-bond donors (Lipinski definition) is 1. The highest BCUT2D eigenvalue weighted by Crippen LogP contribution is 2.20. The summed E-state index contributed by atoms with van der Waals surface area (Å²) in [5, 5.41) is 2.67. The van der Waals surface area contributed by atoms with E-state index in [1.165, 1.54) is 18.3 Å². The zero-order chi connectivity index (χ0) is 19.6. The molecule has 140 valence electrons. The highest BCUT2D eigenvalue weighted by molar-refractivity contribution is 5.92. The Morgan fingerprint density at radius 3 is 2.56 bits per heavy atom. The van der Waals surface area contributed by atoms with Gasteiger partial charge in [-0.2, -0.15) is 0 Å². The van der Waals surface area contributed by atoms with Gasteiger partial charge < -0.3 is 5.32 Å². The number of nitrogens with zero attached hydrogens (tertiary/aromatic N) is 3. The Hall–Kier alpha value is -3.22. The van der Waals surface area contributed by atoms with Crippen molar-refractivity contribution in [3.63, 3.8) is 0 Å². The SMILES string of the molecule is CCNC(=O)c1cn2cc(-c3ccc(F)cc3)n(CC=C(C)C)c(=O)c2n1. The Balaban J connectivity index is 2.23. The lowest BCUT2D eigenvalue weighted by atomic mass is 10.1. The smallest absolute Gasteiger partial charge is 0.295 e. The van der Waals surface area contributed by atoms with Crippen molar-refractivity contribution in [3.8, 4) is 11.3 Å². The molecule has 0 radical (unpaired) electrons. The first-order chi connectivity index (χ1) is 12.9. The second-order valence-electron chi connectivity index (χ2n) is 6.43. The fourth-order valence-electron chi connectivity index (χ4n) is 2.75. The summed E-state index contributed by atoms with van der Waals surface area (Å²) in [7, 11) is 0. The Morgan fingerprint density at radius 1 is 1.22 bits per heavy atom. The van der Waals surface area contributed by atoms with Crippen molar-refractivity contribution in [3.05, 3.63) is 70.2 Å². The van der Waals surface area contributed by atoms with Gasteiger partial charge in [0.1, 0.15) is 11.5 Å². The van der Waals surface area contributed by atoms with Crippen molar-refractivity contribution in [1.29, 1.82) is 0 Å². The lowest BCUT2D eigenvalue weighted by Gasteiger charge is -2.12. The van der Waals surface area contributed by atoms with Crippen molar-refractivity contribution >= 4 is 11.6 Å². The highest BCUT2D eigenvalue weighted by atomic mass is 19.1. The number of carbonyl (C=O) groups is 1. The molecule has 1 amide bonds. The first-order valence-corrected chi connectivity index (χ1v) is 8.70. The summed E-state index contributed by atoms with van der Waals surface area (Å²) in [6.07, 6.45) is 5.19. The Bertz CT molecular complexity index is 1070. The van der Waals surface area contributed by atoms with E-state index in [0.29, 0.717) is 24.3 Å². The summed E-state index contributed by atoms with van der Waals surface area (Å²) in [6.45, 7) is 6.53. The lowest BCUT2D eigenvalue weighted by Crippen LogP contribution is -2.24. The van der Waals surface area contributed by atoms with E-state index in [1.54, 1.807) is 27.3 Å². The fraction of sp³-hybridized carbons (Fsp3) is 0.250. The van der Waals surface area contributed by atoms with Gasteiger partial charge in [-0.25, -0.2) is 9.37 Å². The summed E-state index contributed by atoms with van der Waals surface area (Å²) in [5.74, 6) is -0.682. The van der Waals surface area contributed by atoms with E-state index in [0.717, 1.165) is 5.57 Å². The first-order valence-electron chi connectivity index (χ1n) is 8.70. The Labute approximate surface area is 156 Å². The molecule has 0 aliphatic rings. The van der Waals surface area contributed by atoms with E-state index in [1.807, 2.05) is 26.8 Å². The maximum atomic E-state index is 13.3. The minimum Gasteiger partial charge on any atom is -0.351 e. The monoisotopic (exact) mass is 368 g/mol. The number of halogens is 1. The van der Waals surface area contributed by atoms with E-state index in [-0.39, 0.29) is 28.6 Å². The molecule has 0 aliphatic heterocycles. The zero-order valence-corrected chi connectivity index (χ0v) is 15.5. The molecule has 0 bridgehead atoms. The van der Waals surface area contributed by atoms with Gasteiger partial charge in [0, 0.05) is 25.5 Å². The van der Waals surface area contributed by atoms with Crippen LogP contribution in [-0.2, 0) is 6.54 Å². The van der Waals surface area contributed by atoms with Gasteiger partial charge in [0.15, 0.2) is 0 Å². The van der Waals surface area contributed by atoms with Crippen LogP contribution in [0, 0.1) is 5.82 Å². The summed E-state index contributed by atoms with van der Waals surface area (Å²) in [6, 6.07) is 5.94. The van der Waals surface area contributed by atoms with Gasteiger partial charge in [-0.15, -0.1) is 0 Å². The minimum absolute atomic E-state index is 0.171. The molecule has 2 aromatic heterocycles. The predicted molar refractivity (Wildman–Crippen MR) is 102 cm³/mol. The molecule has 3 rings (SSSR count). The number of aromatic nitrogens is 3. The third kappa shape index (κ3) is 3.81. The van der Waals surface area contributed by atoms with Crippen molar-refractivity contribution in [2.45, 2.75) is 27.3 Å². The largest absolute Gasteiger partial charge is 0.351 e. The van der Waals surface area contributed by atoms with Crippen LogP contribution in [-0.4, -0.2) is 26.4 Å². The van der Waals surface area contributed by atoms with Crippen LogP contribution < -0.4 is 10.9 Å². The average Bonchev–Trinajstić information content (AvgIpc) is 3.06. The van der Waals surface area contributed by atoms with E-state index < -0.39 is 0 Å². The van der Waals surface area contributed by atoms with E-state index in [2.05, 4.69) is 10.3 Å². The normalized spacial score (nSPS) is 10.8. The van der Waals surface area contributed by atoms with Crippen molar-refractivity contribution in [2.24, 2.45) is 0 Å². The molecule has 0 aliphatic carbocycles.